The van der Waals surface area contributed by atoms with E-state index >= 15 is 0 Å². The topological polar surface area (TPSA) is 492 Å². The summed E-state index contributed by atoms with van der Waals surface area (Å²) >= 11 is 0. The van der Waals surface area contributed by atoms with E-state index in [1.54, 1.807) is 27.7 Å². The molecule has 0 radical (unpaired) electrons. The SMILES string of the molecule is CC(C)OC(=O)c1ccc(OC(=O)c2ccc(O)c(O)c2)c(OC(=O)c2ccc(O)c(O)c2)c1.CC(O)C(C)O.O=C(O)c1ccc(O)c(O)c1.O=C(Oc1ccc(C(=O)OCC(CCC(O)CO)CC(O)CCO)c(CCCO)c1O)c1ccc(O)c(O)c1. The first-order valence-corrected chi connectivity index (χ1v) is 27.3. The van der Waals surface area contributed by atoms with Crippen molar-refractivity contribution in [2.24, 2.45) is 5.92 Å². The molecule has 6 aromatic rings. The molecule has 6 aromatic carbocycles. The summed E-state index contributed by atoms with van der Waals surface area (Å²) in [5.74, 6) is -11.0. The Morgan fingerprint density at radius 3 is 1.28 bits per heavy atom. The lowest BCUT2D eigenvalue weighted by Gasteiger charge is -2.21. The molecule has 17 N–H and O–H groups in total. The van der Waals surface area contributed by atoms with Gasteiger partial charge in [-0.05, 0) is 175 Å². The van der Waals surface area contributed by atoms with Crippen molar-refractivity contribution in [3.8, 4) is 69.0 Å². The van der Waals surface area contributed by atoms with Crippen LogP contribution in [0.15, 0.2) is 103 Å². The van der Waals surface area contributed by atoms with Gasteiger partial charge in [0.1, 0.15) is 0 Å². The van der Waals surface area contributed by atoms with Crippen molar-refractivity contribution in [3.63, 3.8) is 0 Å². The predicted octanol–water partition coefficient (Wildman–Crippen LogP) is 5.04. The maximum absolute atomic E-state index is 13.0. The van der Waals surface area contributed by atoms with Gasteiger partial charge in [0.2, 0.25) is 0 Å². The monoisotopic (exact) mass is 1260 g/mol. The highest BCUT2D eigenvalue weighted by molar-refractivity contribution is 5.97. The maximum Gasteiger partial charge on any atom is 0.343 e. The Morgan fingerprint density at radius 1 is 0.433 bits per heavy atom. The van der Waals surface area contributed by atoms with Crippen molar-refractivity contribution < 1.29 is 139 Å². The van der Waals surface area contributed by atoms with Crippen LogP contribution in [0.5, 0.6) is 69.0 Å². The number of carboxylic acids is 1. The smallest absolute Gasteiger partial charge is 0.343 e. The van der Waals surface area contributed by atoms with Gasteiger partial charge < -0.3 is 110 Å². The van der Waals surface area contributed by atoms with E-state index in [0.29, 0.717) is 6.42 Å². The summed E-state index contributed by atoms with van der Waals surface area (Å²) < 4.78 is 26.4. The van der Waals surface area contributed by atoms with E-state index in [1.807, 2.05) is 0 Å². The minimum absolute atomic E-state index is 0.00660. The third kappa shape index (κ3) is 24.0. The first-order chi connectivity index (χ1) is 42.4. The number of carbonyl (C=O) groups is 6. The van der Waals surface area contributed by atoms with Crippen LogP contribution in [-0.4, -0.2) is 180 Å². The van der Waals surface area contributed by atoms with Crippen LogP contribution in [0.3, 0.4) is 0 Å². The second-order valence-corrected chi connectivity index (χ2v) is 19.9. The van der Waals surface area contributed by atoms with E-state index in [9.17, 15) is 79.8 Å². The number of aliphatic hydroxyl groups is 7. The zero-order valence-corrected chi connectivity index (χ0v) is 48.9. The molecule has 5 atom stereocenters. The van der Waals surface area contributed by atoms with Gasteiger partial charge in [0.05, 0.1) is 77.1 Å². The fourth-order valence-electron chi connectivity index (χ4n) is 7.27. The van der Waals surface area contributed by atoms with E-state index in [-0.39, 0.29) is 114 Å². The lowest BCUT2D eigenvalue weighted by Crippen LogP contribution is -2.23. The van der Waals surface area contributed by atoms with Gasteiger partial charge >= 0.3 is 35.8 Å². The Labute approximate surface area is 513 Å². The number of hydrogen-bond acceptors (Lipinski definition) is 27. The Bertz CT molecular complexity index is 3370. The van der Waals surface area contributed by atoms with Crippen molar-refractivity contribution in [1.82, 2.24) is 0 Å². The molecule has 28 nitrogen and oxygen atoms in total. The van der Waals surface area contributed by atoms with Gasteiger partial charge in [0.15, 0.2) is 69.0 Å². The highest BCUT2D eigenvalue weighted by atomic mass is 16.6. The van der Waals surface area contributed by atoms with Crippen LogP contribution in [0.25, 0.3) is 0 Å². The summed E-state index contributed by atoms with van der Waals surface area (Å²) in [7, 11) is 0. The summed E-state index contributed by atoms with van der Waals surface area (Å²) in [6, 6.07) is 19.3. The number of ether oxygens (including phenoxy) is 5. The van der Waals surface area contributed by atoms with Crippen LogP contribution in [0.4, 0.5) is 0 Å². The van der Waals surface area contributed by atoms with Crippen molar-refractivity contribution in [1.29, 1.82) is 0 Å². The summed E-state index contributed by atoms with van der Waals surface area (Å²) in [4.78, 5) is 73.1. The van der Waals surface area contributed by atoms with Gasteiger partial charge in [-0.2, -0.15) is 0 Å². The second-order valence-electron chi connectivity index (χ2n) is 19.9. The molecular formula is C62H72O28. The summed E-state index contributed by atoms with van der Waals surface area (Å²) in [5, 5.41) is 158. The van der Waals surface area contributed by atoms with Gasteiger partial charge in [-0.25, -0.2) is 28.8 Å². The van der Waals surface area contributed by atoms with Crippen molar-refractivity contribution in [2.45, 2.75) is 96.7 Å². The van der Waals surface area contributed by atoms with E-state index in [1.165, 1.54) is 48.5 Å². The van der Waals surface area contributed by atoms with E-state index < -0.39 is 125 Å². The molecule has 0 aliphatic rings. The standard InChI is InChI=1S/C27H36O12.C24H20O10.C7H6O4.C4H10O2/c28-10-1-2-20-21(27(37)38-15-16(3-5-19(32)14-30)12-18(31)9-11-29)6-8-24(25(20)35)39-26(36)17-4-7-22(33)23(34)13-17;1-12(2)32-22(29)15-5-8-20(33-23(30)13-3-6-16(25)18(27)9-13)21(11-15)34-24(31)14-4-7-17(26)19(28)10-14;8-5-2-1-4(7(10)11)3-6(5)9;1-3(5)4(2)6/h4,6-8,13,16,18-19,28-35H,1-3,5,9-12,14-15H2;3-12,25-28H,1-2H3;1-3,8-9H,(H,10,11);3-6H,1-2H3. The molecule has 0 fully saturated rings. The van der Waals surface area contributed by atoms with Crippen LogP contribution in [0, 0.1) is 5.92 Å². The third-order valence-electron chi connectivity index (χ3n) is 12.4. The molecule has 488 valence electrons. The molecule has 0 aliphatic carbocycles. The molecule has 28 heteroatoms. The van der Waals surface area contributed by atoms with Crippen molar-refractivity contribution >= 4 is 35.8 Å². The van der Waals surface area contributed by atoms with E-state index in [4.69, 9.17) is 59.4 Å². The molecule has 90 heavy (non-hydrogen) atoms. The van der Waals surface area contributed by atoms with Crippen LogP contribution in [0.1, 0.15) is 128 Å². The normalized spacial score (nSPS) is 12.3. The number of carboxylic acid groups (broad SMARTS) is 1. The molecule has 5 unspecified atom stereocenters. The maximum atomic E-state index is 13.0. The molecule has 0 saturated heterocycles. The molecule has 0 aliphatic heterocycles. The Kier molecular flexibility index (Phi) is 30.0. The Morgan fingerprint density at radius 2 is 0.856 bits per heavy atom. The quantitative estimate of drug-likeness (QED) is 0.0214. The number of rotatable bonds is 24. The summed E-state index contributed by atoms with van der Waals surface area (Å²) in [5.41, 5.74) is -0.364. The predicted molar refractivity (Wildman–Crippen MR) is 313 cm³/mol. The number of phenols is 9. The highest BCUT2D eigenvalue weighted by Crippen LogP contribution is 2.37. The number of aromatic carboxylic acids is 1. The summed E-state index contributed by atoms with van der Waals surface area (Å²) in [6.07, 6.45) is -2.40. The minimum Gasteiger partial charge on any atom is -0.504 e. The van der Waals surface area contributed by atoms with Gasteiger partial charge in [0.25, 0.3) is 0 Å². The van der Waals surface area contributed by atoms with Gasteiger partial charge in [-0.15, -0.1) is 0 Å². The molecule has 0 aromatic heterocycles. The third-order valence-corrected chi connectivity index (χ3v) is 12.4. The zero-order valence-electron chi connectivity index (χ0n) is 48.9. The number of esters is 5. The molecular weight excluding hydrogens is 1190 g/mol. The number of benzene rings is 6. The number of phenolic OH excluding ortho intramolecular Hbond substituents is 9. The Hall–Kier alpha value is -9.94. The fourth-order valence-corrected chi connectivity index (χ4v) is 7.27. The molecule has 0 bridgehead atoms. The number of carbonyl (C=O) groups excluding carboxylic acids is 5. The number of aromatic hydroxyl groups is 9. The average Bonchev–Trinajstić information content (AvgIpc) is 2.11. The van der Waals surface area contributed by atoms with E-state index in [2.05, 4.69) is 0 Å². The highest BCUT2D eigenvalue weighted by Gasteiger charge is 2.26. The Balaban J connectivity index is 0.000000374. The van der Waals surface area contributed by atoms with Gasteiger partial charge in [0, 0.05) is 18.8 Å². The van der Waals surface area contributed by atoms with E-state index in [0.717, 1.165) is 54.6 Å². The number of hydrogen-bond donors (Lipinski definition) is 17. The fraction of sp³-hybridized carbons (Fsp3) is 0.323. The van der Waals surface area contributed by atoms with Crippen molar-refractivity contribution in [3.05, 3.63) is 142 Å². The van der Waals surface area contributed by atoms with Crippen LogP contribution < -0.4 is 14.2 Å². The molecule has 0 saturated carbocycles. The minimum atomic E-state index is -1.14. The zero-order chi connectivity index (χ0) is 67.5. The van der Waals surface area contributed by atoms with Crippen molar-refractivity contribution in [2.75, 3.05) is 26.4 Å². The molecule has 0 heterocycles. The number of aliphatic hydroxyl groups excluding tert-OH is 7. The molecule has 0 amide bonds. The second kappa shape index (κ2) is 36.4. The lowest BCUT2D eigenvalue weighted by atomic mass is 9.94. The van der Waals surface area contributed by atoms with Gasteiger partial charge in [-0.1, -0.05) is 0 Å². The largest absolute Gasteiger partial charge is 0.504 e. The molecule has 6 rings (SSSR count). The van der Waals surface area contributed by atoms with Crippen LogP contribution in [-0.2, 0) is 15.9 Å². The van der Waals surface area contributed by atoms with Crippen LogP contribution in [0.2, 0.25) is 0 Å². The van der Waals surface area contributed by atoms with Gasteiger partial charge in [-0.3, -0.25) is 0 Å². The molecule has 0 spiro atoms. The van der Waals surface area contributed by atoms with Crippen LogP contribution >= 0.6 is 0 Å². The first kappa shape index (κ1) is 74.3. The average molecular weight is 1270 g/mol. The summed E-state index contributed by atoms with van der Waals surface area (Å²) in [6.45, 7) is 5.33. The first-order valence-electron chi connectivity index (χ1n) is 27.3. The lowest BCUT2D eigenvalue weighted by molar-refractivity contribution is 0.0295.